The third-order valence-corrected chi connectivity index (χ3v) is 2.61. The summed E-state index contributed by atoms with van der Waals surface area (Å²) < 4.78 is 51.4. The summed E-state index contributed by atoms with van der Waals surface area (Å²) in [6.45, 7) is 1.00. The quantitative estimate of drug-likeness (QED) is 0.809. The molecule has 0 aromatic heterocycles. The highest BCUT2D eigenvalue weighted by Gasteiger charge is 2.54. The number of rotatable bonds is 3. The van der Waals surface area contributed by atoms with E-state index in [-0.39, 0.29) is 12.1 Å². The van der Waals surface area contributed by atoms with Crippen molar-refractivity contribution in [2.75, 3.05) is 6.54 Å². The first-order chi connectivity index (χ1) is 7.72. The average molecular weight is 251 g/mol. The fraction of sp³-hybridized carbons (Fsp3) is 0.455. The van der Waals surface area contributed by atoms with E-state index in [0.717, 1.165) is 18.2 Å². The maximum atomic E-state index is 13.0. The van der Waals surface area contributed by atoms with Gasteiger partial charge in [-0.15, -0.1) is 0 Å². The maximum Gasteiger partial charge on any atom is 0.421 e. The number of hydrogen-bond acceptors (Lipinski definition) is 2. The fourth-order valence-corrected chi connectivity index (χ4v) is 1.56. The van der Waals surface area contributed by atoms with Gasteiger partial charge in [0.15, 0.2) is 5.60 Å². The van der Waals surface area contributed by atoms with Gasteiger partial charge in [-0.25, -0.2) is 4.39 Å². The standard InChI is InChI=1S/C11H13F4NO/c1-7-6-8(2-3-9(7)12)10(17,4-5-16)11(13,14)15/h2-3,6,17H,4-5,16H2,1H3. The van der Waals surface area contributed by atoms with Crippen molar-refractivity contribution in [3.8, 4) is 0 Å². The van der Waals surface area contributed by atoms with Crippen molar-refractivity contribution < 1.29 is 22.7 Å². The maximum absolute atomic E-state index is 13.0. The minimum absolute atomic E-state index is 0.0437. The molecule has 0 bridgehead atoms. The van der Waals surface area contributed by atoms with E-state index >= 15 is 0 Å². The van der Waals surface area contributed by atoms with Crippen molar-refractivity contribution in [2.45, 2.75) is 25.1 Å². The fourth-order valence-electron chi connectivity index (χ4n) is 1.56. The number of alkyl halides is 3. The Labute approximate surface area is 96.1 Å². The zero-order valence-corrected chi connectivity index (χ0v) is 9.18. The van der Waals surface area contributed by atoms with E-state index in [2.05, 4.69) is 0 Å². The molecule has 1 aromatic carbocycles. The zero-order chi connectivity index (χ0) is 13.3. The minimum Gasteiger partial charge on any atom is -0.376 e. The minimum atomic E-state index is -4.85. The first kappa shape index (κ1) is 13.9. The number of aliphatic hydroxyl groups is 1. The summed E-state index contributed by atoms with van der Waals surface area (Å²) in [7, 11) is 0. The molecule has 0 aliphatic heterocycles. The Hall–Kier alpha value is -1.14. The first-order valence-electron chi connectivity index (χ1n) is 4.98. The number of halogens is 4. The lowest BCUT2D eigenvalue weighted by Crippen LogP contribution is -2.43. The van der Waals surface area contributed by atoms with Gasteiger partial charge in [-0.05, 0) is 36.7 Å². The van der Waals surface area contributed by atoms with Crippen molar-refractivity contribution in [2.24, 2.45) is 5.73 Å². The highest BCUT2D eigenvalue weighted by Crippen LogP contribution is 2.41. The van der Waals surface area contributed by atoms with Crippen LogP contribution in [0.15, 0.2) is 18.2 Å². The lowest BCUT2D eigenvalue weighted by atomic mass is 9.88. The van der Waals surface area contributed by atoms with E-state index in [0.29, 0.717) is 0 Å². The monoisotopic (exact) mass is 251 g/mol. The molecule has 1 rings (SSSR count). The summed E-state index contributed by atoms with van der Waals surface area (Å²) in [6.07, 6.45) is -5.52. The van der Waals surface area contributed by atoms with E-state index in [4.69, 9.17) is 5.73 Å². The predicted molar refractivity (Wildman–Crippen MR) is 54.8 cm³/mol. The van der Waals surface area contributed by atoms with Crippen LogP contribution >= 0.6 is 0 Å². The van der Waals surface area contributed by atoms with Gasteiger partial charge in [-0.1, -0.05) is 6.07 Å². The third kappa shape index (κ3) is 2.58. The van der Waals surface area contributed by atoms with Crippen LogP contribution in [0.3, 0.4) is 0 Å². The van der Waals surface area contributed by atoms with Crippen LogP contribution < -0.4 is 5.73 Å². The van der Waals surface area contributed by atoms with Crippen LogP contribution in [0.5, 0.6) is 0 Å². The van der Waals surface area contributed by atoms with Crippen molar-refractivity contribution in [1.82, 2.24) is 0 Å². The van der Waals surface area contributed by atoms with Gasteiger partial charge in [0.2, 0.25) is 0 Å². The Balaban J connectivity index is 3.28. The topological polar surface area (TPSA) is 46.2 Å². The molecule has 0 saturated carbocycles. The van der Waals surface area contributed by atoms with Gasteiger partial charge < -0.3 is 10.8 Å². The summed E-state index contributed by atoms with van der Waals surface area (Å²) in [4.78, 5) is 0. The van der Waals surface area contributed by atoms with Gasteiger partial charge in [-0.2, -0.15) is 13.2 Å². The van der Waals surface area contributed by atoms with Crippen LogP contribution in [0.25, 0.3) is 0 Å². The molecule has 2 nitrogen and oxygen atoms in total. The molecule has 1 atom stereocenters. The van der Waals surface area contributed by atoms with Gasteiger partial charge in [0.25, 0.3) is 0 Å². The number of benzene rings is 1. The van der Waals surface area contributed by atoms with E-state index in [1.165, 1.54) is 6.92 Å². The molecule has 0 saturated heterocycles. The first-order valence-corrected chi connectivity index (χ1v) is 4.98. The summed E-state index contributed by atoms with van der Waals surface area (Å²) in [5.74, 6) is -0.619. The van der Waals surface area contributed by atoms with Crippen LogP contribution in [-0.4, -0.2) is 17.8 Å². The van der Waals surface area contributed by atoms with Gasteiger partial charge in [-0.3, -0.25) is 0 Å². The molecule has 0 radical (unpaired) electrons. The lowest BCUT2D eigenvalue weighted by Gasteiger charge is -2.30. The molecule has 17 heavy (non-hydrogen) atoms. The summed E-state index contributed by atoms with van der Waals surface area (Å²) in [5, 5.41) is 9.71. The highest BCUT2D eigenvalue weighted by atomic mass is 19.4. The van der Waals surface area contributed by atoms with Crippen LogP contribution in [0.1, 0.15) is 17.5 Å². The summed E-state index contributed by atoms with van der Waals surface area (Å²) in [5.41, 5.74) is 1.70. The van der Waals surface area contributed by atoms with E-state index in [9.17, 15) is 22.7 Å². The second kappa shape index (κ2) is 4.62. The average Bonchev–Trinajstić information content (AvgIpc) is 2.20. The van der Waals surface area contributed by atoms with Crippen molar-refractivity contribution in [1.29, 1.82) is 0 Å². The molecule has 6 heteroatoms. The normalized spacial score (nSPS) is 15.7. The molecule has 1 unspecified atom stereocenters. The lowest BCUT2D eigenvalue weighted by molar-refractivity contribution is -0.268. The van der Waals surface area contributed by atoms with Gasteiger partial charge in [0, 0.05) is 6.42 Å². The molecule has 0 amide bonds. The summed E-state index contributed by atoms with van der Waals surface area (Å²) >= 11 is 0. The molecule has 0 heterocycles. The van der Waals surface area contributed by atoms with Crippen LogP contribution in [0.2, 0.25) is 0 Å². The van der Waals surface area contributed by atoms with E-state index in [1.807, 2.05) is 0 Å². The molecular weight excluding hydrogens is 238 g/mol. The molecule has 0 fully saturated rings. The largest absolute Gasteiger partial charge is 0.421 e. The second-order valence-electron chi connectivity index (χ2n) is 3.86. The van der Waals surface area contributed by atoms with Crippen LogP contribution in [0, 0.1) is 12.7 Å². The van der Waals surface area contributed by atoms with Crippen molar-refractivity contribution >= 4 is 0 Å². The van der Waals surface area contributed by atoms with Gasteiger partial charge in [0.1, 0.15) is 5.82 Å². The van der Waals surface area contributed by atoms with Crippen LogP contribution in [0.4, 0.5) is 17.6 Å². The number of nitrogens with two attached hydrogens (primary N) is 1. The van der Waals surface area contributed by atoms with E-state index in [1.54, 1.807) is 0 Å². The molecule has 1 aromatic rings. The Bertz CT molecular complexity index is 405. The van der Waals surface area contributed by atoms with Crippen molar-refractivity contribution in [3.05, 3.63) is 35.1 Å². The Kier molecular flexibility index (Phi) is 3.78. The molecule has 96 valence electrons. The van der Waals surface area contributed by atoms with E-state index < -0.39 is 29.6 Å². The molecule has 0 aliphatic rings. The number of aryl methyl sites for hydroxylation is 1. The molecule has 3 N–H and O–H groups in total. The van der Waals surface area contributed by atoms with Crippen molar-refractivity contribution in [3.63, 3.8) is 0 Å². The highest BCUT2D eigenvalue weighted by molar-refractivity contribution is 5.30. The zero-order valence-electron chi connectivity index (χ0n) is 9.18. The van der Waals surface area contributed by atoms with Crippen LogP contribution in [-0.2, 0) is 5.60 Å². The molecular formula is C11H13F4NO. The molecule has 0 spiro atoms. The van der Waals surface area contributed by atoms with Gasteiger partial charge in [0.05, 0.1) is 0 Å². The molecule has 0 aliphatic carbocycles. The Morgan fingerprint density at radius 2 is 1.88 bits per heavy atom. The van der Waals surface area contributed by atoms with Gasteiger partial charge >= 0.3 is 6.18 Å². The smallest absolute Gasteiger partial charge is 0.376 e. The summed E-state index contributed by atoms with van der Waals surface area (Å²) in [6, 6.07) is 2.81. The third-order valence-electron chi connectivity index (χ3n) is 2.61. The predicted octanol–water partition coefficient (Wildman–Crippen LogP) is 2.23. The Morgan fingerprint density at radius 1 is 1.29 bits per heavy atom. The second-order valence-corrected chi connectivity index (χ2v) is 3.86. The SMILES string of the molecule is Cc1cc(C(O)(CCN)C(F)(F)F)ccc1F. The number of hydrogen-bond donors (Lipinski definition) is 2. The Morgan fingerprint density at radius 3 is 2.29 bits per heavy atom.